The zero-order valence-electron chi connectivity index (χ0n) is 50.2. The van der Waals surface area contributed by atoms with Crippen molar-refractivity contribution >= 4 is 132 Å². The lowest BCUT2D eigenvalue weighted by molar-refractivity contribution is 0.487. The van der Waals surface area contributed by atoms with E-state index < -0.39 is 0 Å². The minimum Gasteiger partial charge on any atom is -0.458 e. The van der Waals surface area contributed by atoms with E-state index in [1.807, 2.05) is 0 Å². The Morgan fingerprint density at radius 1 is 0.239 bits per heavy atom. The molecule has 4 aliphatic rings. The van der Waals surface area contributed by atoms with Gasteiger partial charge in [0.1, 0.15) is 11.5 Å². The van der Waals surface area contributed by atoms with Gasteiger partial charge in [-0.2, -0.15) is 0 Å². The van der Waals surface area contributed by atoms with E-state index in [1.54, 1.807) is 0 Å². The maximum atomic E-state index is 7.32. The maximum Gasteiger partial charge on any atom is 0.256 e. The van der Waals surface area contributed by atoms with Gasteiger partial charge in [-0.3, -0.25) is 0 Å². The van der Waals surface area contributed by atoms with Gasteiger partial charge < -0.3 is 29.2 Å². The molecule has 0 saturated heterocycles. The molecule has 8 heteroatoms. The van der Waals surface area contributed by atoms with Crippen molar-refractivity contribution in [1.82, 2.24) is 0 Å². The van der Waals surface area contributed by atoms with E-state index in [2.05, 4.69) is 370 Å². The van der Waals surface area contributed by atoms with Crippen LogP contribution in [-0.4, -0.2) is 13.4 Å². The Morgan fingerprint density at radius 3 is 1.13 bits per heavy atom. The van der Waals surface area contributed by atoms with Crippen LogP contribution >= 0.6 is 0 Å². The summed E-state index contributed by atoms with van der Waals surface area (Å²) in [4.78, 5) is 12.5. The van der Waals surface area contributed by atoms with E-state index in [0.29, 0.717) is 0 Å². The molecule has 0 saturated carbocycles. The summed E-state index contributed by atoms with van der Waals surface area (Å²) in [5.41, 5.74) is 27.6. The number of nitrogens with zero attached hydrogens (tertiary/aromatic N) is 5. The number of rotatable bonds is 11. The van der Waals surface area contributed by atoms with Gasteiger partial charge in [-0.1, -0.05) is 231 Å². The summed E-state index contributed by atoms with van der Waals surface area (Å²) in [6.45, 7) is -0.430. The molecule has 14 aromatic rings. The van der Waals surface area contributed by atoms with E-state index >= 15 is 0 Å². The summed E-state index contributed by atoms with van der Waals surface area (Å²) in [6, 6.07) is 126. The highest BCUT2D eigenvalue weighted by molar-refractivity contribution is 7.02. The van der Waals surface area contributed by atoms with Gasteiger partial charge >= 0.3 is 0 Å². The molecule has 0 atom stereocenters. The Balaban J connectivity index is 1.000. The van der Waals surface area contributed by atoms with Gasteiger partial charge in [-0.05, 0) is 153 Å². The quantitative estimate of drug-likeness (QED) is 0.120. The average Bonchev–Trinajstić information content (AvgIpc) is 0.689. The van der Waals surface area contributed by atoms with Crippen LogP contribution < -0.4 is 62.0 Å². The Kier molecular flexibility index (Phi) is 12.7. The molecular formula is C84H57B2N5O. The molecule has 0 amide bonds. The molecule has 0 bridgehead atoms. The molecule has 0 fully saturated rings. The highest BCUT2D eigenvalue weighted by atomic mass is 16.5. The van der Waals surface area contributed by atoms with Crippen LogP contribution in [0.15, 0.2) is 346 Å². The maximum absolute atomic E-state index is 7.32. The van der Waals surface area contributed by atoms with Gasteiger partial charge in [0.05, 0.1) is 17.1 Å². The summed E-state index contributed by atoms with van der Waals surface area (Å²) in [5.74, 6) is 1.68. The van der Waals surface area contributed by atoms with Crippen molar-refractivity contribution in [2.24, 2.45) is 0 Å². The fourth-order valence-corrected chi connectivity index (χ4v) is 15.0. The Morgan fingerprint density at radius 2 is 0.620 bits per heavy atom. The topological polar surface area (TPSA) is 25.4 Å². The van der Waals surface area contributed by atoms with Crippen molar-refractivity contribution in [3.05, 3.63) is 346 Å². The smallest absolute Gasteiger partial charge is 0.256 e. The number of hydrogen-bond acceptors (Lipinski definition) is 6. The first kappa shape index (κ1) is 53.1. The van der Waals surface area contributed by atoms with Gasteiger partial charge in [-0.25, -0.2) is 0 Å². The molecule has 4 aliphatic heterocycles. The molecule has 0 radical (unpaired) electrons. The normalized spacial score (nSPS) is 12.8. The van der Waals surface area contributed by atoms with Crippen LogP contribution in [0.25, 0.3) is 22.3 Å². The summed E-state index contributed by atoms with van der Waals surface area (Å²) in [7, 11) is 0. The number of para-hydroxylation sites is 9. The third kappa shape index (κ3) is 8.59. The van der Waals surface area contributed by atoms with Crippen molar-refractivity contribution in [1.29, 1.82) is 0 Å². The molecule has 430 valence electrons. The van der Waals surface area contributed by atoms with Gasteiger partial charge in [0, 0.05) is 85.4 Å². The number of anilines is 15. The SMILES string of the molecule is c1ccc(-c2cccc(-c3ccccc3)c2N2c3cc4c(cc3B3c5ccccc5N(c5ccccc5)c5cc(N(c6ccccc6)c6ccccc6)cc2c53)B2c3ccccc3Oc3cc(N(c5ccccc5)c5ccccc5)cc(c32)N4c2ccccc2)cc1. The van der Waals surface area contributed by atoms with E-state index in [9.17, 15) is 0 Å². The predicted octanol–water partition coefficient (Wildman–Crippen LogP) is 18.4. The first-order chi connectivity index (χ1) is 45.7. The zero-order chi connectivity index (χ0) is 60.6. The van der Waals surface area contributed by atoms with Gasteiger partial charge in [0.2, 0.25) is 0 Å². The Bertz CT molecular complexity index is 4970. The molecule has 6 nitrogen and oxygen atoms in total. The summed E-state index contributed by atoms with van der Waals surface area (Å²) in [6.07, 6.45) is 0. The van der Waals surface area contributed by atoms with E-state index in [1.165, 1.54) is 21.9 Å². The number of benzene rings is 14. The highest BCUT2D eigenvalue weighted by Crippen LogP contribution is 2.54. The lowest BCUT2D eigenvalue weighted by atomic mass is 9.30. The van der Waals surface area contributed by atoms with Crippen LogP contribution in [0.2, 0.25) is 0 Å². The second-order valence-corrected chi connectivity index (χ2v) is 23.9. The molecule has 92 heavy (non-hydrogen) atoms. The van der Waals surface area contributed by atoms with Crippen molar-refractivity contribution in [2.75, 3.05) is 24.5 Å². The first-order valence-electron chi connectivity index (χ1n) is 31.6. The van der Waals surface area contributed by atoms with Gasteiger partial charge in [0.15, 0.2) is 0 Å². The van der Waals surface area contributed by atoms with Gasteiger partial charge in [0.25, 0.3) is 13.4 Å². The molecular weight excluding hydrogens is 1120 g/mol. The summed E-state index contributed by atoms with van der Waals surface area (Å²) in [5, 5.41) is 0. The second-order valence-electron chi connectivity index (χ2n) is 23.9. The molecule has 0 aliphatic carbocycles. The van der Waals surface area contributed by atoms with Crippen molar-refractivity contribution in [3.63, 3.8) is 0 Å². The van der Waals surface area contributed by atoms with Crippen LogP contribution in [0, 0.1) is 0 Å². The van der Waals surface area contributed by atoms with E-state index in [0.717, 1.165) is 130 Å². The van der Waals surface area contributed by atoms with E-state index in [-0.39, 0.29) is 13.4 Å². The van der Waals surface area contributed by atoms with Crippen LogP contribution in [0.3, 0.4) is 0 Å². The minimum atomic E-state index is -0.221. The molecule has 0 N–H and O–H groups in total. The van der Waals surface area contributed by atoms with E-state index in [4.69, 9.17) is 4.74 Å². The van der Waals surface area contributed by atoms with Crippen LogP contribution in [-0.2, 0) is 0 Å². The van der Waals surface area contributed by atoms with Crippen LogP contribution in [0.1, 0.15) is 0 Å². The third-order valence-electron chi connectivity index (χ3n) is 18.8. The third-order valence-corrected chi connectivity index (χ3v) is 18.8. The van der Waals surface area contributed by atoms with Crippen LogP contribution in [0.5, 0.6) is 11.5 Å². The summed E-state index contributed by atoms with van der Waals surface area (Å²) < 4.78 is 7.32. The van der Waals surface area contributed by atoms with Crippen molar-refractivity contribution < 1.29 is 4.74 Å². The predicted molar refractivity (Wildman–Crippen MR) is 387 cm³/mol. The molecule has 14 aromatic carbocycles. The molecule has 4 heterocycles. The fourth-order valence-electron chi connectivity index (χ4n) is 15.0. The first-order valence-corrected chi connectivity index (χ1v) is 31.6. The summed E-state index contributed by atoms with van der Waals surface area (Å²) >= 11 is 0. The number of ether oxygens (including phenoxy) is 1. The number of fused-ring (bicyclic) bond motifs is 8. The Labute approximate surface area is 537 Å². The van der Waals surface area contributed by atoms with Crippen LogP contribution in [0.4, 0.5) is 85.3 Å². The monoisotopic (exact) mass is 1170 g/mol. The second kappa shape index (κ2) is 21.9. The molecule has 0 spiro atoms. The molecule has 0 unspecified atom stereocenters. The molecule has 0 aromatic heterocycles. The fraction of sp³-hybridized carbons (Fsp3) is 0. The largest absolute Gasteiger partial charge is 0.458 e. The zero-order valence-corrected chi connectivity index (χ0v) is 50.2. The molecule has 18 rings (SSSR count). The Hall–Kier alpha value is -12.0. The van der Waals surface area contributed by atoms with Gasteiger partial charge in [-0.15, -0.1) is 0 Å². The average molecular weight is 1170 g/mol. The lowest BCUT2D eigenvalue weighted by Crippen LogP contribution is -2.64. The standard InChI is InChI=1S/C84H57B2N5O/c1-9-30-58(31-10-1)68-46-29-47-69(59-32-11-2-12-33-59)84(68)91-76-57-75-72(86-71-49-26-28-51-80(71)92-81-55-67(54-79(83(81)86)90(75)65-44-23-8-24-45-65)88(62-38-17-5-18-39-62)63-40-19-6-20-41-63)56-73(76)85-70-48-25-27-50-74(70)89(64-42-21-7-22-43-64)77-52-66(53-78(91)82(77)85)87(60-34-13-3-14-35-60)61-36-15-4-16-37-61/h1-57H. The minimum absolute atomic E-state index is 0.209. The van der Waals surface area contributed by atoms with Crippen molar-refractivity contribution in [3.8, 4) is 33.8 Å². The highest BCUT2D eigenvalue weighted by Gasteiger charge is 2.49. The lowest BCUT2D eigenvalue weighted by Gasteiger charge is -2.47. The number of hydrogen-bond donors (Lipinski definition) is 0. The van der Waals surface area contributed by atoms with Crippen molar-refractivity contribution in [2.45, 2.75) is 0 Å².